The van der Waals surface area contributed by atoms with Crippen LogP contribution in [0.1, 0.15) is 31.7 Å². The van der Waals surface area contributed by atoms with Crippen molar-refractivity contribution in [1.29, 1.82) is 0 Å². The summed E-state index contributed by atoms with van der Waals surface area (Å²) < 4.78 is 0. The lowest BCUT2D eigenvalue weighted by Gasteiger charge is -2.14. The van der Waals surface area contributed by atoms with Gasteiger partial charge in [0.2, 0.25) is 5.91 Å². The summed E-state index contributed by atoms with van der Waals surface area (Å²) in [4.78, 5) is 37.5. The number of nitrogens with zero attached hydrogens (tertiary/aromatic N) is 2. The first-order valence-electron chi connectivity index (χ1n) is 8.06. The highest BCUT2D eigenvalue weighted by Crippen LogP contribution is 2.22. The summed E-state index contributed by atoms with van der Waals surface area (Å²) in [6.07, 6.45) is 2.15. The third-order valence-electron chi connectivity index (χ3n) is 3.94. The summed E-state index contributed by atoms with van der Waals surface area (Å²) in [5, 5.41) is 6.79. The molecule has 0 atom stereocenters. The van der Waals surface area contributed by atoms with E-state index in [1.807, 2.05) is 0 Å². The first-order valence-corrected chi connectivity index (χ1v) is 8.43. The normalized spacial score (nSPS) is 14.4. The molecule has 1 heterocycles. The molecule has 1 fully saturated rings. The Hall–Kier alpha value is -2.41. The number of hydrogen-bond acceptors (Lipinski definition) is 4. The number of nitrogens with one attached hydrogen (secondary N) is 2. The van der Waals surface area contributed by atoms with Gasteiger partial charge in [-0.1, -0.05) is 17.7 Å². The minimum atomic E-state index is -0.910. The molecule has 1 saturated heterocycles. The van der Waals surface area contributed by atoms with Gasteiger partial charge in [-0.2, -0.15) is 5.10 Å². The van der Waals surface area contributed by atoms with Crippen LogP contribution in [0.3, 0.4) is 0 Å². The van der Waals surface area contributed by atoms with Crippen molar-refractivity contribution in [3.63, 3.8) is 0 Å². The fourth-order valence-corrected chi connectivity index (χ4v) is 2.63. The summed E-state index contributed by atoms with van der Waals surface area (Å²) in [6.45, 7) is 4.90. The van der Waals surface area contributed by atoms with Gasteiger partial charge < -0.3 is 10.2 Å². The van der Waals surface area contributed by atoms with E-state index in [0.29, 0.717) is 22.0 Å². The van der Waals surface area contributed by atoms with Gasteiger partial charge >= 0.3 is 11.8 Å². The molecule has 0 spiro atoms. The van der Waals surface area contributed by atoms with Crippen LogP contribution in [0.25, 0.3) is 0 Å². The van der Waals surface area contributed by atoms with Gasteiger partial charge in [0.1, 0.15) is 0 Å². The number of hydrazone groups is 1. The maximum absolute atomic E-state index is 12.0. The van der Waals surface area contributed by atoms with E-state index < -0.39 is 11.8 Å². The summed E-state index contributed by atoms with van der Waals surface area (Å²) in [6, 6.07) is 5.02. The molecular formula is C17H21ClN4O3. The molecule has 0 radical (unpaired) electrons. The van der Waals surface area contributed by atoms with Crippen molar-refractivity contribution in [3.05, 3.63) is 28.8 Å². The van der Waals surface area contributed by atoms with Crippen LogP contribution in [0.4, 0.5) is 5.69 Å². The zero-order valence-corrected chi connectivity index (χ0v) is 15.0. The maximum atomic E-state index is 12.0. The standard InChI is InChI=1S/C17H21ClN4O3/c1-11(10-15(23)22-8-3-4-9-22)20-21-17(25)16(24)19-14-7-5-6-13(18)12(14)2/h5-7H,3-4,8-10H2,1-2H3,(H,19,24)(H,21,25)/b20-11+. The van der Waals surface area contributed by atoms with Crippen LogP contribution in [0.5, 0.6) is 0 Å². The van der Waals surface area contributed by atoms with Crippen LogP contribution in [-0.2, 0) is 14.4 Å². The fraction of sp³-hybridized carbons (Fsp3) is 0.412. The molecule has 1 aromatic carbocycles. The second-order valence-corrected chi connectivity index (χ2v) is 6.33. The lowest BCUT2D eigenvalue weighted by molar-refractivity contribution is -0.136. The lowest BCUT2D eigenvalue weighted by Crippen LogP contribution is -2.34. The average Bonchev–Trinajstić information content (AvgIpc) is 3.11. The number of benzene rings is 1. The van der Waals surface area contributed by atoms with Gasteiger partial charge in [0.25, 0.3) is 0 Å². The number of carbonyl (C=O) groups is 3. The Kier molecular flexibility index (Phi) is 6.52. The van der Waals surface area contributed by atoms with Crippen LogP contribution in [0.2, 0.25) is 5.02 Å². The Labute approximate surface area is 151 Å². The molecule has 2 rings (SSSR count). The smallest absolute Gasteiger partial charge is 0.329 e. The molecule has 2 N–H and O–H groups in total. The molecule has 134 valence electrons. The average molecular weight is 365 g/mol. The predicted molar refractivity (Wildman–Crippen MR) is 96.5 cm³/mol. The Morgan fingerprint density at radius 2 is 1.88 bits per heavy atom. The zero-order valence-electron chi connectivity index (χ0n) is 14.3. The molecule has 0 saturated carbocycles. The molecular weight excluding hydrogens is 344 g/mol. The van der Waals surface area contributed by atoms with Gasteiger partial charge in [-0.15, -0.1) is 0 Å². The van der Waals surface area contributed by atoms with E-state index in [1.54, 1.807) is 36.9 Å². The van der Waals surface area contributed by atoms with E-state index in [1.165, 1.54) is 0 Å². The van der Waals surface area contributed by atoms with E-state index in [2.05, 4.69) is 15.8 Å². The summed E-state index contributed by atoms with van der Waals surface area (Å²) >= 11 is 5.97. The van der Waals surface area contributed by atoms with Gasteiger partial charge in [0, 0.05) is 29.5 Å². The van der Waals surface area contributed by atoms with Gasteiger partial charge in [-0.3, -0.25) is 14.4 Å². The van der Waals surface area contributed by atoms with Gasteiger partial charge in [0.05, 0.1) is 6.42 Å². The molecule has 8 heteroatoms. The monoisotopic (exact) mass is 364 g/mol. The molecule has 7 nitrogen and oxygen atoms in total. The third-order valence-corrected chi connectivity index (χ3v) is 4.35. The van der Waals surface area contributed by atoms with Crippen LogP contribution in [-0.4, -0.2) is 41.4 Å². The first kappa shape index (κ1) is 18.9. The van der Waals surface area contributed by atoms with Crippen molar-refractivity contribution in [2.45, 2.75) is 33.1 Å². The fourth-order valence-electron chi connectivity index (χ4n) is 2.46. The largest absolute Gasteiger partial charge is 0.342 e. The molecule has 3 amide bonds. The van der Waals surface area contributed by atoms with E-state index in [4.69, 9.17) is 11.6 Å². The van der Waals surface area contributed by atoms with Crippen LogP contribution in [0.15, 0.2) is 23.3 Å². The maximum Gasteiger partial charge on any atom is 0.329 e. The summed E-state index contributed by atoms with van der Waals surface area (Å²) in [5.41, 5.74) is 3.73. The quantitative estimate of drug-likeness (QED) is 0.487. The van der Waals surface area contributed by atoms with Crippen molar-refractivity contribution >= 4 is 40.7 Å². The Morgan fingerprint density at radius 3 is 2.56 bits per heavy atom. The van der Waals surface area contributed by atoms with Crippen molar-refractivity contribution in [2.24, 2.45) is 5.10 Å². The molecule has 0 unspecified atom stereocenters. The number of hydrogen-bond donors (Lipinski definition) is 2. The number of halogens is 1. The van der Waals surface area contributed by atoms with Crippen LogP contribution in [0, 0.1) is 6.92 Å². The Bertz CT molecular complexity index is 712. The number of likely N-dealkylation sites (tertiary alicyclic amines) is 1. The molecule has 25 heavy (non-hydrogen) atoms. The van der Waals surface area contributed by atoms with Gasteiger partial charge in [-0.25, -0.2) is 5.43 Å². The third kappa shape index (κ3) is 5.29. The van der Waals surface area contributed by atoms with E-state index in [0.717, 1.165) is 25.9 Å². The zero-order chi connectivity index (χ0) is 18.4. The molecule has 1 aliphatic rings. The second kappa shape index (κ2) is 8.62. The van der Waals surface area contributed by atoms with Crippen molar-refractivity contribution in [1.82, 2.24) is 10.3 Å². The molecule has 1 aliphatic heterocycles. The highest BCUT2D eigenvalue weighted by molar-refractivity contribution is 6.40. The highest BCUT2D eigenvalue weighted by Gasteiger charge is 2.19. The lowest BCUT2D eigenvalue weighted by atomic mass is 10.2. The van der Waals surface area contributed by atoms with Gasteiger partial charge in [-0.05, 0) is 44.4 Å². The molecule has 1 aromatic rings. The summed E-state index contributed by atoms with van der Waals surface area (Å²) in [5.74, 6) is -1.79. The molecule has 0 aliphatic carbocycles. The number of anilines is 1. The number of carbonyl (C=O) groups excluding carboxylic acids is 3. The van der Waals surface area contributed by atoms with Crippen LogP contribution >= 0.6 is 11.6 Å². The van der Waals surface area contributed by atoms with Crippen molar-refractivity contribution < 1.29 is 14.4 Å². The predicted octanol–water partition coefficient (Wildman–Crippen LogP) is 2.09. The molecule has 0 aromatic heterocycles. The minimum absolute atomic E-state index is 0.0213. The van der Waals surface area contributed by atoms with Gasteiger partial charge in [0.15, 0.2) is 0 Å². The Balaban J connectivity index is 1.86. The van der Waals surface area contributed by atoms with Crippen molar-refractivity contribution in [2.75, 3.05) is 18.4 Å². The first-order chi connectivity index (χ1) is 11.9. The van der Waals surface area contributed by atoms with Crippen LogP contribution < -0.4 is 10.7 Å². The molecule has 0 bridgehead atoms. The van der Waals surface area contributed by atoms with E-state index >= 15 is 0 Å². The number of rotatable bonds is 4. The highest BCUT2D eigenvalue weighted by atomic mass is 35.5. The van der Waals surface area contributed by atoms with E-state index in [9.17, 15) is 14.4 Å². The summed E-state index contributed by atoms with van der Waals surface area (Å²) in [7, 11) is 0. The second-order valence-electron chi connectivity index (χ2n) is 5.92. The Morgan fingerprint density at radius 1 is 1.20 bits per heavy atom. The number of amides is 3. The minimum Gasteiger partial charge on any atom is -0.342 e. The topological polar surface area (TPSA) is 90.9 Å². The SMILES string of the molecule is C/C(CC(=O)N1CCCC1)=N\NC(=O)C(=O)Nc1cccc(Cl)c1C. The van der Waals surface area contributed by atoms with E-state index in [-0.39, 0.29) is 12.3 Å². The van der Waals surface area contributed by atoms with Crippen molar-refractivity contribution in [3.8, 4) is 0 Å².